The molecule has 11 heavy (non-hydrogen) atoms. The van der Waals surface area contributed by atoms with Crippen molar-refractivity contribution in [1.82, 2.24) is 0 Å². The molecule has 0 saturated carbocycles. The third-order valence-electron chi connectivity index (χ3n) is 1.33. The van der Waals surface area contributed by atoms with Gasteiger partial charge in [0.1, 0.15) is 0 Å². The molecule has 2 nitrogen and oxygen atoms in total. The van der Waals surface area contributed by atoms with Gasteiger partial charge in [-0.05, 0) is 18.2 Å². The standard InChI is InChI=1S/C8H6BrNO/c9-8-2-1-6(5-11)7(3-8)4-10/h1-5,10H. The Kier molecular flexibility index (Phi) is 2.54. The predicted octanol–water partition coefficient (Wildman–Crippen LogP) is 2.26. The van der Waals surface area contributed by atoms with Crippen LogP contribution in [0.15, 0.2) is 22.7 Å². The summed E-state index contributed by atoms with van der Waals surface area (Å²) in [6.45, 7) is 0. The lowest BCUT2D eigenvalue weighted by molar-refractivity contribution is 0.112. The van der Waals surface area contributed by atoms with Gasteiger partial charge in [-0.3, -0.25) is 4.79 Å². The fourth-order valence-electron chi connectivity index (χ4n) is 0.778. The number of aldehydes is 1. The van der Waals surface area contributed by atoms with Crippen LogP contribution >= 0.6 is 15.9 Å². The molecular weight excluding hydrogens is 206 g/mol. The van der Waals surface area contributed by atoms with Crippen LogP contribution in [0.1, 0.15) is 15.9 Å². The predicted molar refractivity (Wildman–Crippen MR) is 47.4 cm³/mol. The molecule has 0 radical (unpaired) electrons. The molecule has 0 aliphatic heterocycles. The summed E-state index contributed by atoms with van der Waals surface area (Å²) >= 11 is 3.25. The van der Waals surface area contributed by atoms with E-state index < -0.39 is 0 Å². The van der Waals surface area contributed by atoms with Gasteiger partial charge in [0, 0.05) is 21.8 Å². The van der Waals surface area contributed by atoms with E-state index in [0.29, 0.717) is 11.1 Å². The van der Waals surface area contributed by atoms with E-state index in [1.807, 2.05) is 0 Å². The minimum absolute atomic E-state index is 0.545. The Morgan fingerprint density at radius 3 is 2.64 bits per heavy atom. The molecule has 0 amide bonds. The Balaban J connectivity index is 3.26. The summed E-state index contributed by atoms with van der Waals surface area (Å²) in [4.78, 5) is 10.4. The highest BCUT2D eigenvalue weighted by atomic mass is 79.9. The number of nitrogens with one attached hydrogen (secondary N) is 1. The molecule has 0 aromatic heterocycles. The molecule has 1 N–H and O–H groups in total. The zero-order chi connectivity index (χ0) is 8.27. The highest BCUT2D eigenvalue weighted by molar-refractivity contribution is 9.10. The summed E-state index contributed by atoms with van der Waals surface area (Å²) in [6, 6.07) is 5.19. The van der Waals surface area contributed by atoms with Gasteiger partial charge in [0.15, 0.2) is 6.29 Å². The molecule has 56 valence electrons. The monoisotopic (exact) mass is 211 g/mol. The third-order valence-corrected chi connectivity index (χ3v) is 1.82. The zero-order valence-corrected chi connectivity index (χ0v) is 7.26. The van der Waals surface area contributed by atoms with Crippen molar-refractivity contribution < 1.29 is 4.79 Å². The Morgan fingerprint density at radius 1 is 1.36 bits per heavy atom. The van der Waals surface area contributed by atoms with E-state index in [-0.39, 0.29) is 0 Å². The van der Waals surface area contributed by atoms with Gasteiger partial charge in [0.2, 0.25) is 0 Å². The van der Waals surface area contributed by atoms with Crippen molar-refractivity contribution >= 4 is 28.4 Å². The van der Waals surface area contributed by atoms with Gasteiger partial charge in [-0.15, -0.1) is 0 Å². The van der Waals surface area contributed by atoms with Crippen molar-refractivity contribution in [1.29, 1.82) is 5.41 Å². The van der Waals surface area contributed by atoms with Crippen LogP contribution in [0.5, 0.6) is 0 Å². The molecule has 0 aliphatic rings. The first kappa shape index (κ1) is 8.14. The van der Waals surface area contributed by atoms with Gasteiger partial charge in [0.05, 0.1) is 0 Å². The number of hydrogen-bond donors (Lipinski definition) is 1. The van der Waals surface area contributed by atoms with E-state index in [0.717, 1.165) is 17.0 Å². The van der Waals surface area contributed by atoms with Crippen molar-refractivity contribution in [3.05, 3.63) is 33.8 Å². The van der Waals surface area contributed by atoms with Crippen LogP contribution in [0.4, 0.5) is 0 Å². The van der Waals surface area contributed by atoms with Gasteiger partial charge >= 0.3 is 0 Å². The zero-order valence-electron chi connectivity index (χ0n) is 5.67. The van der Waals surface area contributed by atoms with Crippen LogP contribution in [-0.2, 0) is 0 Å². The fraction of sp³-hybridized carbons (Fsp3) is 0. The highest BCUT2D eigenvalue weighted by Gasteiger charge is 1.97. The summed E-state index contributed by atoms with van der Waals surface area (Å²) in [6.07, 6.45) is 1.90. The fourth-order valence-corrected chi connectivity index (χ4v) is 1.16. The SMILES string of the molecule is N=Cc1cc(Br)ccc1C=O. The number of hydrogen-bond acceptors (Lipinski definition) is 2. The van der Waals surface area contributed by atoms with Crippen LogP contribution < -0.4 is 0 Å². The van der Waals surface area contributed by atoms with Crippen molar-refractivity contribution in [3.63, 3.8) is 0 Å². The molecule has 0 aliphatic carbocycles. The van der Waals surface area contributed by atoms with Crippen LogP contribution in [0.25, 0.3) is 0 Å². The van der Waals surface area contributed by atoms with Crippen LogP contribution in [-0.4, -0.2) is 12.5 Å². The second-order valence-corrected chi connectivity index (χ2v) is 2.95. The van der Waals surface area contributed by atoms with Gasteiger partial charge in [-0.2, -0.15) is 0 Å². The lowest BCUT2D eigenvalue weighted by Crippen LogP contribution is -1.89. The summed E-state index contributed by atoms with van der Waals surface area (Å²) in [5.41, 5.74) is 1.18. The van der Waals surface area contributed by atoms with Crippen molar-refractivity contribution in [2.75, 3.05) is 0 Å². The van der Waals surface area contributed by atoms with Crippen LogP contribution in [0, 0.1) is 5.41 Å². The van der Waals surface area contributed by atoms with E-state index in [9.17, 15) is 4.79 Å². The lowest BCUT2D eigenvalue weighted by Gasteiger charge is -1.96. The Labute approximate surface area is 72.9 Å². The molecule has 0 spiro atoms. The second-order valence-electron chi connectivity index (χ2n) is 2.04. The second kappa shape index (κ2) is 3.44. The lowest BCUT2D eigenvalue weighted by atomic mass is 10.1. The normalized spacial score (nSPS) is 9.18. The summed E-state index contributed by atoms with van der Waals surface area (Å²) < 4.78 is 0.876. The molecule has 1 aromatic carbocycles. The van der Waals surface area contributed by atoms with Gasteiger partial charge < -0.3 is 5.41 Å². The number of rotatable bonds is 2. The minimum atomic E-state index is 0.545. The molecule has 0 bridgehead atoms. The molecule has 1 rings (SSSR count). The van der Waals surface area contributed by atoms with E-state index in [1.54, 1.807) is 18.2 Å². The Bertz CT molecular complexity index is 296. The highest BCUT2D eigenvalue weighted by Crippen LogP contribution is 2.13. The van der Waals surface area contributed by atoms with E-state index >= 15 is 0 Å². The summed E-state index contributed by atoms with van der Waals surface area (Å²) in [5.74, 6) is 0. The summed E-state index contributed by atoms with van der Waals surface area (Å²) in [5, 5.41) is 6.98. The Morgan fingerprint density at radius 2 is 2.09 bits per heavy atom. The van der Waals surface area contributed by atoms with E-state index in [2.05, 4.69) is 15.9 Å². The molecule has 3 heteroatoms. The Hall–Kier alpha value is -0.960. The maximum Gasteiger partial charge on any atom is 0.150 e. The first-order chi connectivity index (χ1) is 5.27. The molecule has 0 fully saturated rings. The number of benzene rings is 1. The number of carbonyl (C=O) groups excluding carboxylic acids is 1. The van der Waals surface area contributed by atoms with Gasteiger partial charge in [-0.1, -0.05) is 15.9 Å². The van der Waals surface area contributed by atoms with E-state index in [4.69, 9.17) is 5.41 Å². The molecule has 1 aromatic rings. The van der Waals surface area contributed by atoms with Crippen molar-refractivity contribution in [3.8, 4) is 0 Å². The smallest absolute Gasteiger partial charge is 0.150 e. The topological polar surface area (TPSA) is 40.9 Å². The number of carbonyl (C=O) groups is 1. The average molecular weight is 212 g/mol. The molecule has 0 atom stereocenters. The van der Waals surface area contributed by atoms with Crippen molar-refractivity contribution in [2.24, 2.45) is 0 Å². The minimum Gasteiger partial charge on any atom is -0.308 e. The average Bonchev–Trinajstić information content (AvgIpc) is 2.04. The van der Waals surface area contributed by atoms with Gasteiger partial charge in [0.25, 0.3) is 0 Å². The van der Waals surface area contributed by atoms with Gasteiger partial charge in [-0.25, -0.2) is 0 Å². The van der Waals surface area contributed by atoms with Crippen LogP contribution in [0.2, 0.25) is 0 Å². The third kappa shape index (κ3) is 1.74. The van der Waals surface area contributed by atoms with E-state index in [1.165, 1.54) is 0 Å². The molecular formula is C8H6BrNO. The first-order valence-corrected chi connectivity index (χ1v) is 3.82. The molecule has 0 unspecified atom stereocenters. The largest absolute Gasteiger partial charge is 0.308 e. The summed E-state index contributed by atoms with van der Waals surface area (Å²) in [7, 11) is 0. The molecule has 0 heterocycles. The maximum atomic E-state index is 10.4. The quantitative estimate of drug-likeness (QED) is 0.592. The van der Waals surface area contributed by atoms with Crippen molar-refractivity contribution in [2.45, 2.75) is 0 Å². The first-order valence-electron chi connectivity index (χ1n) is 3.03. The molecule has 0 saturated heterocycles. The number of halogens is 1. The maximum absolute atomic E-state index is 10.4. The van der Waals surface area contributed by atoms with Crippen LogP contribution in [0.3, 0.4) is 0 Å².